The summed E-state index contributed by atoms with van der Waals surface area (Å²) in [7, 11) is 0. The zero-order chi connectivity index (χ0) is 11.3. The highest BCUT2D eigenvalue weighted by Crippen LogP contribution is 2.20. The van der Waals surface area contributed by atoms with E-state index in [9.17, 15) is 5.11 Å². The van der Waals surface area contributed by atoms with E-state index in [-0.39, 0.29) is 12.6 Å². The smallest absolute Gasteiger partial charge is 0.124 e. The van der Waals surface area contributed by atoms with Gasteiger partial charge in [0.1, 0.15) is 5.75 Å². The van der Waals surface area contributed by atoms with Gasteiger partial charge in [0.2, 0.25) is 0 Å². The molecule has 0 aliphatic carbocycles. The quantitative estimate of drug-likeness (QED) is 0.772. The third kappa shape index (κ3) is 3.53. The van der Waals surface area contributed by atoms with E-state index >= 15 is 0 Å². The van der Waals surface area contributed by atoms with Gasteiger partial charge >= 0.3 is 0 Å². The Morgan fingerprint density at radius 2 is 2.20 bits per heavy atom. The molecule has 1 rings (SSSR count). The van der Waals surface area contributed by atoms with Crippen LogP contribution in [0.4, 0.5) is 0 Å². The van der Waals surface area contributed by atoms with Crippen molar-refractivity contribution < 1.29 is 9.84 Å². The first kappa shape index (κ1) is 12.0. The van der Waals surface area contributed by atoms with Crippen LogP contribution in [0, 0.1) is 0 Å². The van der Waals surface area contributed by atoms with Gasteiger partial charge in [0.05, 0.1) is 13.2 Å². The molecule has 1 atom stereocenters. The summed E-state index contributed by atoms with van der Waals surface area (Å²) in [5.41, 5.74) is 7.68. The van der Waals surface area contributed by atoms with Gasteiger partial charge in [0.15, 0.2) is 0 Å². The van der Waals surface area contributed by atoms with Crippen molar-refractivity contribution in [3.63, 3.8) is 0 Å². The molecule has 3 heteroatoms. The lowest BCUT2D eigenvalue weighted by Crippen LogP contribution is -2.17. The molecule has 84 valence electrons. The van der Waals surface area contributed by atoms with Crippen molar-refractivity contribution >= 4 is 0 Å². The molecule has 0 saturated carbocycles. The van der Waals surface area contributed by atoms with E-state index in [4.69, 9.17) is 10.5 Å². The van der Waals surface area contributed by atoms with Crippen molar-refractivity contribution in [3.05, 3.63) is 29.3 Å². The van der Waals surface area contributed by atoms with E-state index in [1.54, 1.807) is 0 Å². The number of nitrogens with two attached hydrogens (primary N) is 1. The monoisotopic (exact) mass is 209 g/mol. The van der Waals surface area contributed by atoms with E-state index in [1.165, 1.54) is 0 Å². The molecule has 0 aliphatic heterocycles. The number of hydrogen-bond donors (Lipinski definition) is 2. The zero-order valence-electron chi connectivity index (χ0n) is 9.36. The number of benzene rings is 1. The molecule has 0 aliphatic rings. The number of hydrogen-bond acceptors (Lipinski definition) is 3. The lowest BCUT2D eigenvalue weighted by Gasteiger charge is -2.11. The average molecular weight is 209 g/mol. The topological polar surface area (TPSA) is 55.5 Å². The van der Waals surface area contributed by atoms with E-state index in [2.05, 4.69) is 0 Å². The Balaban J connectivity index is 2.86. The van der Waals surface area contributed by atoms with Crippen molar-refractivity contribution in [3.8, 4) is 5.75 Å². The van der Waals surface area contributed by atoms with Crippen LogP contribution in [0.3, 0.4) is 0 Å². The van der Waals surface area contributed by atoms with Crippen LogP contribution in [0.25, 0.3) is 0 Å². The SMILES string of the molecule is CCOc1ccc(CC(C)N)cc1CO. The maximum absolute atomic E-state index is 9.19. The van der Waals surface area contributed by atoms with E-state index in [0.717, 1.165) is 23.3 Å². The summed E-state index contributed by atoms with van der Waals surface area (Å²) in [5, 5.41) is 9.19. The highest BCUT2D eigenvalue weighted by molar-refractivity contribution is 5.37. The van der Waals surface area contributed by atoms with Crippen LogP contribution in [-0.2, 0) is 13.0 Å². The summed E-state index contributed by atoms with van der Waals surface area (Å²) in [5.74, 6) is 0.758. The molecule has 0 amide bonds. The predicted molar refractivity (Wildman–Crippen MR) is 60.9 cm³/mol. The Bertz CT molecular complexity index is 310. The second-order valence-corrected chi connectivity index (χ2v) is 3.71. The first-order valence-electron chi connectivity index (χ1n) is 5.28. The first-order valence-corrected chi connectivity index (χ1v) is 5.28. The Labute approximate surface area is 90.9 Å². The minimum atomic E-state index is 0.00211. The molecule has 0 spiro atoms. The second-order valence-electron chi connectivity index (χ2n) is 3.71. The van der Waals surface area contributed by atoms with Crippen LogP contribution in [0.5, 0.6) is 5.75 Å². The van der Waals surface area contributed by atoms with Gasteiger partial charge in [-0.2, -0.15) is 0 Å². The molecule has 0 saturated heterocycles. The summed E-state index contributed by atoms with van der Waals surface area (Å²) in [6.07, 6.45) is 0.819. The molecule has 0 heterocycles. The first-order chi connectivity index (χ1) is 7.17. The summed E-state index contributed by atoms with van der Waals surface area (Å²) in [6.45, 7) is 4.51. The molecule has 0 bridgehead atoms. The fraction of sp³-hybridized carbons (Fsp3) is 0.500. The van der Waals surface area contributed by atoms with Crippen LogP contribution in [0.2, 0.25) is 0 Å². The van der Waals surface area contributed by atoms with E-state index < -0.39 is 0 Å². The summed E-state index contributed by atoms with van der Waals surface area (Å²) in [6, 6.07) is 5.98. The van der Waals surface area contributed by atoms with Crippen LogP contribution in [0.15, 0.2) is 18.2 Å². The fourth-order valence-corrected chi connectivity index (χ4v) is 1.55. The molecule has 0 radical (unpaired) electrons. The molecule has 3 nitrogen and oxygen atoms in total. The largest absolute Gasteiger partial charge is 0.494 e. The molecular weight excluding hydrogens is 190 g/mol. The summed E-state index contributed by atoms with van der Waals surface area (Å²) < 4.78 is 5.40. The van der Waals surface area contributed by atoms with Gasteiger partial charge in [-0.3, -0.25) is 0 Å². The third-order valence-corrected chi connectivity index (χ3v) is 2.15. The van der Waals surface area contributed by atoms with E-state index in [1.807, 2.05) is 32.0 Å². The number of aliphatic hydroxyl groups is 1. The van der Waals surface area contributed by atoms with Crippen molar-refractivity contribution in [2.75, 3.05) is 6.61 Å². The number of aliphatic hydroxyl groups excluding tert-OH is 1. The van der Waals surface area contributed by atoms with Crippen molar-refractivity contribution in [2.24, 2.45) is 5.73 Å². The van der Waals surface area contributed by atoms with Crippen molar-refractivity contribution in [2.45, 2.75) is 32.9 Å². The lowest BCUT2D eigenvalue weighted by atomic mass is 10.0. The van der Waals surface area contributed by atoms with Gasteiger partial charge < -0.3 is 15.6 Å². The molecule has 3 N–H and O–H groups in total. The minimum absolute atomic E-state index is 0.00211. The molecule has 0 aromatic heterocycles. The summed E-state index contributed by atoms with van der Waals surface area (Å²) >= 11 is 0. The van der Waals surface area contributed by atoms with Crippen molar-refractivity contribution in [1.82, 2.24) is 0 Å². The molecule has 1 aromatic rings. The maximum atomic E-state index is 9.19. The van der Waals surface area contributed by atoms with Crippen LogP contribution >= 0.6 is 0 Å². The van der Waals surface area contributed by atoms with Gasteiger partial charge in [-0.25, -0.2) is 0 Å². The highest BCUT2D eigenvalue weighted by atomic mass is 16.5. The molecule has 1 unspecified atom stereocenters. The van der Waals surface area contributed by atoms with Crippen LogP contribution in [0.1, 0.15) is 25.0 Å². The number of rotatable bonds is 5. The Hall–Kier alpha value is -1.06. The molecule has 15 heavy (non-hydrogen) atoms. The lowest BCUT2D eigenvalue weighted by molar-refractivity contribution is 0.267. The Morgan fingerprint density at radius 1 is 1.47 bits per heavy atom. The average Bonchev–Trinajstić information content (AvgIpc) is 2.20. The second kappa shape index (κ2) is 5.73. The molecule has 0 fully saturated rings. The third-order valence-electron chi connectivity index (χ3n) is 2.15. The Kier molecular flexibility index (Phi) is 4.59. The van der Waals surface area contributed by atoms with Gasteiger partial charge in [0, 0.05) is 11.6 Å². The van der Waals surface area contributed by atoms with Crippen LogP contribution < -0.4 is 10.5 Å². The fourth-order valence-electron chi connectivity index (χ4n) is 1.55. The summed E-state index contributed by atoms with van der Waals surface area (Å²) in [4.78, 5) is 0. The maximum Gasteiger partial charge on any atom is 0.124 e. The normalized spacial score (nSPS) is 12.5. The van der Waals surface area contributed by atoms with Crippen LogP contribution in [-0.4, -0.2) is 17.8 Å². The predicted octanol–water partition coefficient (Wildman–Crippen LogP) is 1.47. The van der Waals surface area contributed by atoms with Gasteiger partial charge in [-0.1, -0.05) is 6.07 Å². The zero-order valence-corrected chi connectivity index (χ0v) is 9.36. The highest BCUT2D eigenvalue weighted by Gasteiger charge is 2.05. The molecular formula is C12H19NO2. The van der Waals surface area contributed by atoms with Gasteiger partial charge in [-0.15, -0.1) is 0 Å². The number of ether oxygens (including phenoxy) is 1. The standard InChI is InChI=1S/C12H19NO2/c1-3-15-12-5-4-10(6-9(2)13)7-11(12)8-14/h4-5,7,9,14H,3,6,8,13H2,1-2H3. The van der Waals surface area contributed by atoms with Gasteiger partial charge in [-0.05, 0) is 38.0 Å². The minimum Gasteiger partial charge on any atom is -0.494 e. The van der Waals surface area contributed by atoms with Gasteiger partial charge in [0.25, 0.3) is 0 Å². The Morgan fingerprint density at radius 3 is 2.73 bits per heavy atom. The molecule has 1 aromatic carbocycles. The van der Waals surface area contributed by atoms with Crippen molar-refractivity contribution in [1.29, 1.82) is 0 Å². The van der Waals surface area contributed by atoms with E-state index in [0.29, 0.717) is 6.61 Å².